The van der Waals surface area contributed by atoms with E-state index in [1.54, 1.807) is 0 Å². The molecule has 0 bridgehead atoms. The van der Waals surface area contributed by atoms with E-state index >= 15 is 0 Å². The summed E-state index contributed by atoms with van der Waals surface area (Å²) in [6.45, 7) is 5.47. The van der Waals surface area contributed by atoms with Gasteiger partial charge in [0.25, 0.3) is 0 Å². The highest BCUT2D eigenvalue weighted by molar-refractivity contribution is 5.08. The normalized spacial score (nSPS) is 11.5. The Bertz CT molecular complexity index is 734. The standard InChI is InChI=1S/C16H20N4O4/c1-11-5-15(23-17-11)9-20(10-16-6-12(2)18-24-16)8-13-7-14(3-4-21)22-19-13/h5-7,21H,3-4,8-10H2,1-2H3. The molecular weight excluding hydrogens is 312 g/mol. The third-order valence-corrected chi connectivity index (χ3v) is 3.46. The van der Waals surface area contributed by atoms with Crippen LogP contribution in [0.1, 0.15) is 34.4 Å². The Kier molecular flexibility index (Phi) is 5.07. The molecule has 3 heterocycles. The van der Waals surface area contributed by atoms with Crippen LogP contribution in [-0.2, 0) is 26.1 Å². The van der Waals surface area contributed by atoms with Crippen molar-refractivity contribution in [2.75, 3.05) is 6.61 Å². The molecule has 24 heavy (non-hydrogen) atoms. The summed E-state index contributed by atoms with van der Waals surface area (Å²) in [5.41, 5.74) is 2.46. The Balaban J connectivity index is 1.72. The highest BCUT2D eigenvalue weighted by atomic mass is 16.5. The van der Waals surface area contributed by atoms with Crippen molar-refractivity contribution in [3.8, 4) is 0 Å². The number of aryl methyl sites for hydroxylation is 2. The largest absolute Gasteiger partial charge is 0.396 e. The van der Waals surface area contributed by atoms with Crippen molar-refractivity contribution in [1.82, 2.24) is 20.4 Å². The maximum Gasteiger partial charge on any atom is 0.150 e. The first-order valence-electron chi connectivity index (χ1n) is 7.74. The van der Waals surface area contributed by atoms with Crippen LogP contribution in [0.5, 0.6) is 0 Å². The van der Waals surface area contributed by atoms with Crippen molar-refractivity contribution >= 4 is 0 Å². The third-order valence-electron chi connectivity index (χ3n) is 3.46. The van der Waals surface area contributed by atoms with Crippen molar-refractivity contribution < 1.29 is 18.7 Å². The van der Waals surface area contributed by atoms with E-state index in [1.807, 2.05) is 32.0 Å². The summed E-state index contributed by atoms with van der Waals surface area (Å²) in [5.74, 6) is 2.20. The Morgan fingerprint density at radius 1 is 0.833 bits per heavy atom. The molecular formula is C16H20N4O4. The SMILES string of the molecule is Cc1cc(CN(Cc2cc(CCO)on2)Cc2cc(C)no2)on1. The number of rotatable bonds is 8. The van der Waals surface area contributed by atoms with Gasteiger partial charge in [-0.2, -0.15) is 0 Å². The molecule has 0 saturated carbocycles. The zero-order valence-electron chi connectivity index (χ0n) is 13.7. The van der Waals surface area contributed by atoms with Crippen LogP contribution >= 0.6 is 0 Å². The van der Waals surface area contributed by atoms with Crippen LogP contribution in [0.3, 0.4) is 0 Å². The molecule has 3 aromatic rings. The minimum atomic E-state index is 0.0348. The van der Waals surface area contributed by atoms with Gasteiger partial charge in [0.2, 0.25) is 0 Å². The predicted octanol–water partition coefficient (Wildman–Crippen LogP) is 2.00. The van der Waals surface area contributed by atoms with E-state index < -0.39 is 0 Å². The molecule has 0 aliphatic heterocycles. The number of hydrogen-bond donors (Lipinski definition) is 1. The summed E-state index contributed by atoms with van der Waals surface area (Å²) < 4.78 is 15.8. The van der Waals surface area contributed by atoms with E-state index in [0.29, 0.717) is 31.8 Å². The van der Waals surface area contributed by atoms with E-state index in [1.165, 1.54) is 0 Å². The van der Waals surface area contributed by atoms with Crippen LogP contribution < -0.4 is 0 Å². The monoisotopic (exact) mass is 332 g/mol. The fraction of sp³-hybridized carbons (Fsp3) is 0.438. The predicted molar refractivity (Wildman–Crippen MR) is 82.7 cm³/mol. The average molecular weight is 332 g/mol. The smallest absolute Gasteiger partial charge is 0.150 e. The maximum atomic E-state index is 8.97. The molecule has 3 aromatic heterocycles. The second kappa shape index (κ2) is 7.41. The van der Waals surface area contributed by atoms with Gasteiger partial charge in [0.1, 0.15) is 5.76 Å². The molecule has 0 amide bonds. The summed E-state index contributed by atoms with van der Waals surface area (Å²) in [6, 6.07) is 5.65. The molecule has 0 aromatic carbocycles. The number of nitrogens with zero attached hydrogens (tertiary/aromatic N) is 4. The molecule has 0 atom stereocenters. The molecule has 0 fully saturated rings. The molecule has 0 aliphatic rings. The Hall–Kier alpha value is -2.45. The Morgan fingerprint density at radius 3 is 1.92 bits per heavy atom. The fourth-order valence-electron chi connectivity index (χ4n) is 2.48. The van der Waals surface area contributed by atoms with E-state index in [0.717, 1.165) is 28.6 Å². The first kappa shape index (κ1) is 16.4. The van der Waals surface area contributed by atoms with Gasteiger partial charge in [-0.1, -0.05) is 15.5 Å². The van der Waals surface area contributed by atoms with Crippen LogP contribution in [0, 0.1) is 13.8 Å². The van der Waals surface area contributed by atoms with Crippen LogP contribution in [0.4, 0.5) is 0 Å². The second-order valence-corrected chi connectivity index (χ2v) is 5.77. The second-order valence-electron chi connectivity index (χ2n) is 5.77. The first-order chi connectivity index (χ1) is 11.6. The van der Waals surface area contributed by atoms with Gasteiger partial charge in [0.05, 0.1) is 36.8 Å². The Morgan fingerprint density at radius 2 is 1.42 bits per heavy atom. The lowest BCUT2D eigenvalue weighted by molar-refractivity contribution is 0.188. The fourth-order valence-corrected chi connectivity index (χ4v) is 2.48. The van der Waals surface area contributed by atoms with E-state index in [9.17, 15) is 0 Å². The van der Waals surface area contributed by atoms with Crippen LogP contribution in [0.25, 0.3) is 0 Å². The molecule has 0 aliphatic carbocycles. The minimum Gasteiger partial charge on any atom is -0.396 e. The van der Waals surface area contributed by atoms with Crippen molar-refractivity contribution in [2.45, 2.75) is 39.9 Å². The number of aromatic nitrogens is 3. The summed E-state index contributed by atoms with van der Waals surface area (Å²) in [6.07, 6.45) is 0.454. The van der Waals surface area contributed by atoms with Crippen molar-refractivity contribution in [3.63, 3.8) is 0 Å². The van der Waals surface area contributed by atoms with Gasteiger partial charge in [-0.25, -0.2) is 0 Å². The van der Waals surface area contributed by atoms with Gasteiger partial charge < -0.3 is 18.7 Å². The summed E-state index contributed by atoms with van der Waals surface area (Å²) in [7, 11) is 0. The van der Waals surface area contributed by atoms with Gasteiger partial charge in [-0.05, 0) is 13.8 Å². The molecule has 0 unspecified atom stereocenters. The molecule has 0 spiro atoms. The first-order valence-corrected chi connectivity index (χ1v) is 7.74. The highest BCUT2D eigenvalue weighted by Gasteiger charge is 2.16. The number of aliphatic hydroxyl groups is 1. The summed E-state index contributed by atoms with van der Waals surface area (Å²) in [4.78, 5) is 2.10. The summed E-state index contributed by atoms with van der Waals surface area (Å²) >= 11 is 0. The average Bonchev–Trinajstić information content (AvgIpc) is 3.24. The number of aliphatic hydroxyl groups excluding tert-OH is 1. The van der Waals surface area contributed by atoms with Gasteiger partial charge in [-0.3, -0.25) is 4.90 Å². The maximum absolute atomic E-state index is 8.97. The Labute approximate surface area is 139 Å². The van der Waals surface area contributed by atoms with Gasteiger partial charge in [0.15, 0.2) is 11.5 Å². The third kappa shape index (κ3) is 4.30. The zero-order chi connectivity index (χ0) is 16.9. The highest BCUT2D eigenvalue weighted by Crippen LogP contribution is 2.16. The molecule has 0 saturated heterocycles. The van der Waals surface area contributed by atoms with Crippen molar-refractivity contribution in [3.05, 3.63) is 52.6 Å². The molecule has 1 N–H and O–H groups in total. The van der Waals surface area contributed by atoms with E-state index in [4.69, 9.17) is 18.7 Å². The lowest BCUT2D eigenvalue weighted by atomic mass is 10.2. The lowest BCUT2D eigenvalue weighted by Crippen LogP contribution is -2.22. The molecule has 8 nitrogen and oxygen atoms in total. The van der Waals surface area contributed by atoms with Gasteiger partial charge in [-0.15, -0.1) is 0 Å². The minimum absolute atomic E-state index is 0.0348. The molecule has 0 radical (unpaired) electrons. The van der Waals surface area contributed by atoms with Crippen LogP contribution in [-0.4, -0.2) is 32.1 Å². The summed E-state index contributed by atoms with van der Waals surface area (Å²) in [5, 5.41) is 20.9. The van der Waals surface area contributed by atoms with Crippen LogP contribution in [0.2, 0.25) is 0 Å². The molecule has 3 rings (SSSR count). The van der Waals surface area contributed by atoms with Crippen molar-refractivity contribution in [2.24, 2.45) is 0 Å². The quantitative estimate of drug-likeness (QED) is 0.668. The molecule has 8 heteroatoms. The van der Waals surface area contributed by atoms with Crippen molar-refractivity contribution in [1.29, 1.82) is 0 Å². The molecule has 128 valence electrons. The van der Waals surface area contributed by atoms with E-state index in [2.05, 4.69) is 20.4 Å². The lowest BCUT2D eigenvalue weighted by Gasteiger charge is -2.17. The number of hydrogen-bond acceptors (Lipinski definition) is 8. The van der Waals surface area contributed by atoms with Gasteiger partial charge in [0, 0.05) is 31.2 Å². The zero-order valence-corrected chi connectivity index (χ0v) is 13.7. The van der Waals surface area contributed by atoms with Gasteiger partial charge >= 0.3 is 0 Å². The topological polar surface area (TPSA) is 102 Å². The van der Waals surface area contributed by atoms with E-state index in [-0.39, 0.29) is 6.61 Å². The van der Waals surface area contributed by atoms with Crippen LogP contribution in [0.15, 0.2) is 31.8 Å².